The van der Waals surface area contributed by atoms with E-state index in [4.69, 9.17) is 0 Å². The Kier molecular flexibility index (Phi) is 4.52. The lowest BCUT2D eigenvalue weighted by Crippen LogP contribution is -2.15. The van der Waals surface area contributed by atoms with Crippen molar-refractivity contribution in [1.82, 2.24) is 14.5 Å². The molecule has 3 heterocycles. The predicted octanol–water partition coefficient (Wildman–Crippen LogP) is 2.52. The molecular weight excluding hydrogens is 326 g/mol. The van der Waals surface area contributed by atoms with Crippen LogP contribution in [0.2, 0.25) is 0 Å². The number of ketones is 1. The summed E-state index contributed by atoms with van der Waals surface area (Å²) in [5.74, 6) is -0.107. The minimum absolute atomic E-state index is 0.00747. The zero-order chi connectivity index (χ0) is 17.1. The van der Waals surface area contributed by atoms with Crippen molar-refractivity contribution in [3.8, 4) is 10.9 Å². The molecule has 0 atom stereocenters. The largest absolute Gasteiger partial charge is 0.508 e. The monoisotopic (exact) mass is 341 g/mol. The van der Waals surface area contributed by atoms with Crippen LogP contribution in [0.25, 0.3) is 5.13 Å². The molecular formula is C17H15N3O3S. The van der Waals surface area contributed by atoms with Gasteiger partial charge in [0.2, 0.25) is 0 Å². The molecule has 6 nitrogen and oxygen atoms in total. The van der Waals surface area contributed by atoms with Crippen LogP contribution < -0.4 is 5.56 Å². The Balaban J connectivity index is 1.81. The van der Waals surface area contributed by atoms with Gasteiger partial charge in [0.15, 0.2) is 10.9 Å². The highest BCUT2D eigenvalue weighted by molar-refractivity contribution is 7.16. The second kappa shape index (κ2) is 6.76. The first kappa shape index (κ1) is 16.1. The third-order valence-corrected chi connectivity index (χ3v) is 4.71. The summed E-state index contributed by atoms with van der Waals surface area (Å²) in [6.07, 6.45) is 5.85. The summed E-state index contributed by atoms with van der Waals surface area (Å²) in [4.78, 5) is 33.3. The minimum Gasteiger partial charge on any atom is -0.508 e. The molecule has 0 saturated carbocycles. The van der Waals surface area contributed by atoms with E-state index in [0.717, 1.165) is 11.6 Å². The van der Waals surface area contributed by atoms with Crippen molar-refractivity contribution >= 4 is 17.1 Å². The van der Waals surface area contributed by atoms with Gasteiger partial charge >= 0.3 is 0 Å². The van der Waals surface area contributed by atoms with E-state index in [1.165, 1.54) is 28.2 Å². The van der Waals surface area contributed by atoms with Crippen LogP contribution in [0.4, 0.5) is 0 Å². The maximum Gasteiger partial charge on any atom is 0.260 e. The lowest BCUT2D eigenvalue weighted by molar-refractivity contribution is 0.0986. The van der Waals surface area contributed by atoms with E-state index in [9.17, 15) is 14.7 Å². The fourth-order valence-electron chi connectivity index (χ4n) is 2.29. The molecule has 3 aromatic heterocycles. The molecule has 0 aromatic carbocycles. The van der Waals surface area contributed by atoms with Gasteiger partial charge in [-0.1, -0.05) is 17.4 Å². The van der Waals surface area contributed by atoms with Gasteiger partial charge in [-0.25, -0.2) is 4.98 Å². The van der Waals surface area contributed by atoms with Crippen molar-refractivity contribution in [3.05, 3.63) is 69.3 Å². The Morgan fingerprint density at radius 2 is 2.21 bits per heavy atom. The molecule has 0 saturated heterocycles. The Hall–Kier alpha value is -2.80. The minimum atomic E-state index is -0.391. The topological polar surface area (TPSA) is 85.1 Å². The van der Waals surface area contributed by atoms with Gasteiger partial charge in [-0.05, 0) is 31.0 Å². The third kappa shape index (κ3) is 3.41. The van der Waals surface area contributed by atoms with Gasteiger partial charge in [-0.3, -0.25) is 19.1 Å². The Morgan fingerprint density at radius 1 is 1.38 bits per heavy atom. The van der Waals surface area contributed by atoms with Crippen LogP contribution >= 0.6 is 11.3 Å². The van der Waals surface area contributed by atoms with E-state index < -0.39 is 5.56 Å². The van der Waals surface area contributed by atoms with E-state index in [1.807, 2.05) is 12.1 Å². The lowest BCUT2D eigenvalue weighted by atomic mass is 10.1. The summed E-state index contributed by atoms with van der Waals surface area (Å²) < 4.78 is 1.31. The Bertz CT molecular complexity index is 932. The second-order valence-corrected chi connectivity index (χ2v) is 6.27. The second-order valence-electron chi connectivity index (χ2n) is 5.29. The number of aryl methyl sites for hydroxylation is 2. The van der Waals surface area contributed by atoms with Crippen molar-refractivity contribution < 1.29 is 9.90 Å². The molecule has 0 aliphatic heterocycles. The number of aromatic nitrogens is 3. The van der Waals surface area contributed by atoms with Crippen molar-refractivity contribution in [1.29, 1.82) is 0 Å². The number of hydrogen-bond donors (Lipinski definition) is 1. The van der Waals surface area contributed by atoms with E-state index in [1.54, 1.807) is 19.3 Å². The molecule has 0 radical (unpaired) electrons. The molecule has 1 N–H and O–H groups in total. The molecule has 3 aromatic rings. The van der Waals surface area contributed by atoms with Gasteiger partial charge in [-0.2, -0.15) is 0 Å². The number of carbonyl (C=O) groups excluding carboxylic acids is 1. The van der Waals surface area contributed by atoms with Crippen LogP contribution in [-0.2, 0) is 6.42 Å². The zero-order valence-corrected chi connectivity index (χ0v) is 13.8. The first-order valence-electron chi connectivity index (χ1n) is 7.36. The van der Waals surface area contributed by atoms with Gasteiger partial charge in [0.25, 0.3) is 5.56 Å². The van der Waals surface area contributed by atoms with Crippen molar-refractivity contribution in [3.63, 3.8) is 0 Å². The highest BCUT2D eigenvalue weighted by Gasteiger charge is 2.16. The van der Waals surface area contributed by atoms with Crippen LogP contribution in [0.1, 0.15) is 27.3 Å². The van der Waals surface area contributed by atoms with Crippen LogP contribution in [0, 0.1) is 6.92 Å². The molecule has 0 unspecified atom stereocenters. The lowest BCUT2D eigenvalue weighted by Gasteiger charge is -2.00. The van der Waals surface area contributed by atoms with Crippen LogP contribution in [0.15, 0.2) is 47.7 Å². The quantitative estimate of drug-likeness (QED) is 0.721. The number of carbonyl (C=O) groups is 1. The molecule has 0 amide bonds. The standard InChI is InChI=1S/C17H15N3O3S/c1-11-16(14(22)5-4-12-3-2-7-18-10-12)24-17(19-11)20-8-6-13(21)9-15(20)23/h2-3,6-10,21H,4-5H2,1H3. The average Bonchev–Trinajstić information content (AvgIpc) is 2.95. The molecule has 0 aliphatic rings. The summed E-state index contributed by atoms with van der Waals surface area (Å²) in [5.41, 5.74) is 1.22. The average molecular weight is 341 g/mol. The van der Waals surface area contributed by atoms with E-state index >= 15 is 0 Å². The third-order valence-electron chi connectivity index (χ3n) is 3.51. The van der Waals surface area contributed by atoms with E-state index in [2.05, 4.69) is 9.97 Å². The van der Waals surface area contributed by atoms with Crippen molar-refractivity contribution in [2.75, 3.05) is 0 Å². The van der Waals surface area contributed by atoms with Crippen molar-refractivity contribution in [2.24, 2.45) is 0 Å². The Morgan fingerprint density at radius 3 is 2.92 bits per heavy atom. The predicted molar refractivity (Wildman–Crippen MR) is 91.0 cm³/mol. The number of pyridine rings is 2. The van der Waals surface area contributed by atoms with Gasteiger partial charge < -0.3 is 5.11 Å². The molecule has 0 fully saturated rings. The van der Waals surface area contributed by atoms with Gasteiger partial charge in [0, 0.05) is 31.1 Å². The number of hydrogen-bond acceptors (Lipinski definition) is 6. The SMILES string of the molecule is Cc1nc(-n2ccc(O)cc2=O)sc1C(=O)CCc1cccnc1. The smallest absolute Gasteiger partial charge is 0.260 e. The maximum absolute atomic E-state index is 12.4. The number of aromatic hydroxyl groups is 1. The van der Waals surface area contributed by atoms with Gasteiger partial charge in [0.05, 0.1) is 10.6 Å². The molecule has 0 bridgehead atoms. The van der Waals surface area contributed by atoms with Gasteiger partial charge in [0.1, 0.15) is 5.75 Å². The normalized spacial score (nSPS) is 10.7. The summed E-state index contributed by atoms with van der Waals surface area (Å²) in [6, 6.07) is 6.29. The highest BCUT2D eigenvalue weighted by atomic mass is 32.1. The van der Waals surface area contributed by atoms with E-state index in [-0.39, 0.29) is 11.5 Å². The van der Waals surface area contributed by atoms with Crippen LogP contribution in [-0.4, -0.2) is 25.4 Å². The number of thiazole rings is 1. The Labute approximate surface area is 142 Å². The summed E-state index contributed by atoms with van der Waals surface area (Å²) in [5, 5.41) is 9.74. The van der Waals surface area contributed by atoms with Crippen LogP contribution in [0.5, 0.6) is 5.75 Å². The first-order valence-corrected chi connectivity index (χ1v) is 8.18. The maximum atomic E-state index is 12.4. The van der Waals surface area contributed by atoms with Crippen LogP contribution in [0.3, 0.4) is 0 Å². The number of rotatable bonds is 5. The van der Waals surface area contributed by atoms with Gasteiger partial charge in [-0.15, -0.1) is 0 Å². The summed E-state index contributed by atoms with van der Waals surface area (Å²) >= 11 is 1.18. The fraction of sp³-hybridized carbons (Fsp3) is 0.176. The van der Waals surface area contributed by atoms with Crippen molar-refractivity contribution in [2.45, 2.75) is 19.8 Å². The fourth-order valence-corrected chi connectivity index (χ4v) is 3.31. The molecule has 7 heteroatoms. The number of Topliss-reactive ketones (excluding diaryl/α,β-unsaturated/α-hetero) is 1. The highest BCUT2D eigenvalue weighted by Crippen LogP contribution is 2.23. The molecule has 3 rings (SSSR count). The molecule has 0 aliphatic carbocycles. The molecule has 24 heavy (non-hydrogen) atoms. The summed E-state index contributed by atoms with van der Waals surface area (Å²) in [6.45, 7) is 1.75. The number of nitrogens with zero attached hydrogens (tertiary/aromatic N) is 3. The molecule has 0 spiro atoms. The molecule has 122 valence electrons. The first-order chi connectivity index (χ1) is 11.5. The zero-order valence-electron chi connectivity index (χ0n) is 13.0. The summed E-state index contributed by atoms with van der Waals surface area (Å²) in [7, 11) is 0. The van der Waals surface area contributed by atoms with E-state index in [0.29, 0.717) is 28.5 Å².